The second kappa shape index (κ2) is 10.3. The Morgan fingerprint density at radius 1 is 0.811 bits per heavy atom. The Hall–Kier alpha value is -3.84. The Bertz CT molecular complexity index is 1620. The summed E-state index contributed by atoms with van der Waals surface area (Å²) in [4.78, 5) is 39.7. The van der Waals surface area contributed by atoms with Crippen molar-refractivity contribution in [1.82, 2.24) is 5.32 Å². The van der Waals surface area contributed by atoms with Crippen LogP contribution in [0.5, 0.6) is 5.75 Å². The smallest absolute Gasteiger partial charge is 0.335 e. The highest BCUT2D eigenvalue weighted by Crippen LogP contribution is 2.34. The van der Waals surface area contributed by atoms with E-state index in [0.717, 1.165) is 21.2 Å². The highest BCUT2D eigenvalue weighted by molar-refractivity contribution is 6.42. The van der Waals surface area contributed by atoms with Crippen molar-refractivity contribution in [3.8, 4) is 5.75 Å². The van der Waals surface area contributed by atoms with E-state index in [2.05, 4.69) is 5.32 Å². The molecule has 5 rings (SSSR count). The number of anilines is 1. The third-order valence-electron chi connectivity index (χ3n) is 5.79. The number of benzene rings is 4. The Morgan fingerprint density at radius 2 is 1.57 bits per heavy atom. The van der Waals surface area contributed by atoms with Gasteiger partial charge in [-0.3, -0.25) is 14.9 Å². The average Bonchev–Trinajstić information content (AvgIpc) is 2.88. The van der Waals surface area contributed by atoms with Crippen LogP contribution in [0.2, 0.25) is 15.1 Å². The largest absolute Gasteiger partial charge is 0.488 e. The van der Waals surface area contributed by atoms with Crippen molar-refractivity contribution in [2.24, 2.45) is 0 Å². The van der Waals surface area contributed by atoms with Gasteiger partial charge in [0.2, 0.25) is 0 Å². The molecule has 1 saturated heterocycles. The van der Waals surface area contributed by atoms with E-state index >= 15 is 0 Å². The molecule has 0 unspecified atom stereocenters. The topological polar surface area (TPSA) is 75.7 Å². The molecule has 9 heteroatoms. The summed E-state index contributed by atoms with van der Waals surface area (Å²) in [7, 11) is 0. The Balaban J connectivity index is 1.58. The van der Waals surface area contributed by atoms with Crippen LogP contribution in [0.25, 0.3) is 16.8 Å². The molecule has 37 heavy (non-hydrogen) atoms. The highest BCUT2D eigenvalue weighted by atomic mass is 35.5. The lowest BCUT2D eigenvalue weighted by Gasteiger charge is -2.27. The highest BCUT2D eigenvalue weighted by Gasteiger charge is 2.38. The van der Waals surface area contributed by atoms with E-state index < -0.39 is 17.8 Å². The molecule has 1 fully saturated rings. The molecule has 1 aliphatic rings. The van der Waals surface area contributed by atoms with Crippen LogP contribution in [-0.4, -0.2) is 17.8 Å². The average molecular weight is 552 g/mol. The zero-order valence-electron chi connectivity index (χ0n) is 19.0. The van der Waals surface area contributed by atoms with E-state index in [1.165, 1.54) is 12.1 Å². The molecule has 0 spiro atoms. The molecule has 0 aliphatic carbocycles. The first-order valence-electron chi connectivity index (χ1n) is 11.1. The summed E-state index contributed by atoms with van der Waals surface area (Å²) in [6.07, 6.45) is 1.43. The molecule has 0 aromatic heterocycles. The predicted octanol–water partition coefficient (Wildman–Crippen LogP) is 7.05. The molecule has 1 heterocycles. The van der Waals surface area contributed by atoms with Crippen molar-refractivity contribution < 1.29 is 19.1 Å². The maximum Gasteiger partial charge on any atom is 0.335 e. The van der Waals surface area contributed by atoms with Gasteiger partial charge in [-0.1, -0.05) is 83.3 Å². The first-order chi connectivity index (χ1) is 17.8. The molecule has 0 radical (unpaired) electrons. The van der Waals surface area contributed by atoms with Gasteiger partial charge in [0.25, 0.3) is 11.8 Å². The number of barbiturate groups is 1. The van der Waals surface area contributed by atoms with Gasteiger partial charge in [-0.05, 0) is 52.7 Å². The summed E-state index contributed by atoms with van der Waals surface area (Å²) in [5, 5.41) is 4.87. The summed E-state index contributed by atoms with van der Waals surface area (Å²) in [6, 6.07) is 21.8. The van der Waals surface area contributed by atoms with Crippen LogP contribution in [-0.2, 0) is 16.2 Å². The third-order valence-corrected chi connectivity index (χ3v) is 6.85. The molecular formula is C28H17Cl3N2O4. The fraction of sp³-hybridized carbons (Fsp3) is 0.0357. The van der Waals surface area contributed by atoms with Gasteiger partial charge in [-0.25, -0.2) is 9.69 Å². The molecule has 0 bridgehead atoms. The van der Waals surface area contributed by atoms with Crippen molar-refractivity contribution in [2.75, 3.05) is 4.90 Å². The Morgan fingerprint density at radius 3 is 2.35 bits per heavy atom. The molecule has 6 nitrogen and oxygen atoms in total. The number of ether oxygens (including phenoxy) is 1. The minimum Gasteiger partial charge on any atom is -0.488 e. The van der Waals surface area contributed by atoms with Crippen LogP contribution in [0.15, 0.2) is 84.4 Å². The van der Waals surface area contributed by atoms with Gasteiger partial charge in [0.1, 0.15) is 17.9 Å². The van der Waals surface area contributed by atoms with E-state index in [9.17, 15) is 14.4 Å². The number of hydrogen-bond acceptors (Lipinski definition) is 4. The SMILES string of the molecule is O=C1NC(=O)N(c2ccccc2Cl)C(=O)/C1=C/c1c(OCc2ccc(Cl)c(Cl)c2)ccc2ccccc12. The number of carbonyl (C=O) groups is 3. The molecule has 1 aliphatic heterocycles. The van der Waals surface area contributed by atoms with Crippen molar-refractivity contribution in [3.63, 3.8) is 0 Å². The number of fused-ring (bicyclic) bond motifs is 1. The van der Waals surface area contributed by atoms with Gasteiger partial charge in [0.15, 0.2) is 0 Å². The van der Waals surface area contributed by atoms with Crippen molar-refractivity contribution in [1.29, 1.82) is 0 Å². The minimum atomic E-state index is -0.880. The number of para-hydroxylation sites is 1. The van der Waals surface area contributed by atoms with Gasteiger partial charge in [-0.2, -0.15) is 0 Å². The number of carbonyl (C=O) groups excluding carboxylic acids is 3. The van der Waals surface area contributed by atoms with Gasteiger partial charge < -0.3 is 4.74 Å². The van der Waals surface area contributed by atoms with Crippen molar-refractivity contribution in [3.05, 3.63) is 111 Å². The lowest BCUT2D eigenvalue weighted by atomic mass is 9.99. The number of urea groups is 1. The van der Waals surface area contributed by atoms with E-state index in [1.807, 2.05) is 30.3 Å². The van der Waals surface area contributed by atoms with Crippen LogP contribution < -0.4 is 15.0 Å². The molecule has 0 saturated carbocycles. The molecule has 4 aromatic carbocycles. The van der Waals surface area contributed by atoms with Crippen LogP contribution in [0.3, 0.4) is 0 Å². The van der Waals surface area contributed by atoms with Gasteiger partial charge in [0.05, 0.1) is 20.8 Å². The summed E-state index contributed by atoms with van der Waals surface area (Å²) < 4.78 is 6.10. The number of nitrogens with zero attached hydrogens (tertiary/aromatic N) is 1. The lowest BCUT2D eigenvalue weighted by Crippen LogP contribution is -2.54. The van der Waals surface area contributed by atoms with E-state index in [-0.39, 0.29) is 22.9 Å². The second-order valence-electron chi connectivity index (χ2n) is 8.14. The molecular weight excluding hydrogens is 535 g/mol. The monoisotopic (exact) mass is 550 g/mol. The maximum atomic E-state index is 13.4. The lowest BCUT2D eigenvalue weighted by molar-refractivity contribution is -0.122. The third kappa shape index (κ3) is 4.91. The fourth-order valence-corrected chi connectivity index (χ4v) is 4.54. The normalized spacial score (nSPS) is 14.8. The number of imide groups is 2. The maximum absolute atomic E-state index is 13.4. The first-order valence-corrected chi connectivity index (χ1v) is 12.2. The quantitative estimate of drug-likeness (QED) is 0.213. The summed E-state index contributed by atoms with van der Waals surface area (Å²) >= 11 is 18.4. The number of halogens is 3. The van der Waals surface area contributed by atoms with E-state index in [1.54, 1.807) is 42.5 Å². The predicted molar refractivity (Wildman–Crippen MR) is 145 cm³/mol. The zero-order valence-corrected chi connectivity index (χ0v) is 21.3. The fourth-order valence-electron chi connectivity index (χ4n) is 3.99. The van der Waals surface area contributed by atoms with E-state index in [4.69, 9.17) is 39.5 Å². The second-order valence-corrected chi connectivity index (χ2v) is 9.37. The molecule has 184 valence electrons. The number of hydrogen-bond donors (Lipinski definition) is 1. The van der Waals surface area contributed by atoms with Gasteiger partial charge in [0, 0.05) is 5.56 Å². The first kappa shape index (κ1) is 24.8. The summed E-state index contributed by atoms with van der Waals surface area (Å²) in [5.41, 5.74) is 1.21. The Kier molecular flexibility index (Phi) is 6.89. The summed E-state index contributed by atoms with van der Waals surface area (Å²) in [5.74, 6) is -1.19. The van der Waals surface area contributed by atoms with Crippen molar-refractivity contribution >= 4 is 75.2 Å². The zero-order chi connectivity index (χ0) is 26.1. The van der Waals surface area contributed by atoms with Crippen molar-refractivity contribution in [2.45, 2.75) is 6.61 Å². The molecule has 4 aromatic rings. The number of rotatable bonds is 5. The van der Waals surface area contributed by atoms with Gasteiger partial charge >= 0.3 is 6.03 Å². The van der Waals surface area contributed by atoms with E-state index in [0.29, 0.717) is 21.4 Å². The van der Waals surface area contributed by atoms with Crippen LogP contribution >= 0.6 is 34.8 Å². The number of amides is 4. The van der Waals surface area contributed by atoms with Gasteiger partial charge in [-0.15, -0.1) is 0 Å². The minimum absolute atomic E-state index is 0.162. The molecule has 0 atom stereocenters. The van der Waals surface area contributed by atoms with Crippen LogP contribution in [0.1, 0.15) is 11.1 Å². The van der Waals surface area contributed by atoms with Crippen LogP contribution in [0, 0.1) is 0 Å². The molecule has 1 N–H and O–H groups in total. The standard InChI is InChI=1S/C28H17Cl3N2O4/c29-21-11-9-16(13-23(21)31)15-37-25-12-10-17-5-1-2-6-18(17)19(25)14-20-26(34)32-28(36)33(27(20)35)24-8-4-3-7-22(24)30/h1-14H,15H2,(H,32,34,36)/b20-14+. The Labute approximate surface area is 227 Å². The van der Waals surface area contributed by atoms with Crippen LogP contribution in [0.4, 0.5) is 10.5 Å². The summed E-state index contributed by atoms with van der Waals surface area (Å²) in [6.45, 7) is 0.162. The number of nitrogens with one attached hydrogen (secondary N) is 1. The molecule has 4 amide bonds.